The summed E-state index contributed by atoms with van der Waals surface area (Å²) >= 11 is 0.722. The summed E-state index contributed by atoms with van der Waals surface area (Å²) in [5, 5.41) is 2.82. The van der Waals surface area contributed by atoms with Gasteiger partial charge in [0.25, 0.3) is 17.7 Å². The monoisotopic (exact) mass is 535 g/mol. The van der Waals surface area contributed by atoms with E-state index in [9.17, 15) is 18.8 Å². The Kier molecular flexibility index (Phi) is 7.58. The molecule has 1 atom stereocenters. The third kappa shape index (κ3) is 5.42. The summed E-state index contributed by atoms with van der Waals surface area (Å²) in [7, 11) is 0. The molecular weight excluding hydrogens is 509 g/mol. The Hall–Kier alpha value is -4.51. The molecule has 11 heteroatoms. The third-order valence-electron chi connectivity index (χ3n) is 5.92. The zero-order valence-corrected chi connectivity index (χ0v) is 21.8. The zero-order chi connectivity index (χ0) is 27.6. The van der Waals surface area contributed by atoms with Crippen molar-refractivity contribution in [2.75, 3.05) is 10.6 Å². The molecule has 4 aromatic rings. The fraction of sp³-hybridized carbons (Fsp3) is 0.185. The fourth-order valence-electron chi connectivity index (χ4n) is 3.95. The summed E-state index contributed by atoms with van der Waals surface area (Å²) in [5.74, 6) is -1.71. The first-order valence-corrected chi connectivity index (χ1v) is 12.4. The molecule has 4 rings (SSSR count). The van der Waals surface area contributed by atoms with Crippen molar-refractivity contribution in [3.8, 4) is 0 Å². The van der Waals surface area contributed by atoms with Crippen molar-refractivity contribution in [2.45, 2.75) is 33.4 Å². The smallest absolute Gasteiger partial charge is 0.273 e. The molecule has 5 N–H and O–H groups in total. The van der Waals surface area contributed by atoms with Crippen LogP contribution in [0.5, 0.6) is 0 Å². The number of furan rings is 1. The number of anilines is 2. The number of nitrogen functional groups attached to an aromatic ring is 1. The number of nitrogens with two attached hydrogens (primary N) is 2. The fourth-order valence-corrected chi connectivity index (χ4v) is 4.69. The predicted molar refractivity (Wildman–Crippen MR) is 142 cm³/mol. The van der Waals surface area contributed by atoms with Gasteiger partial charge >= 0.3 is 0 Å². The number of benzene rings is 2. The Morgan fingerprint density at radius 2 is 1.79 bits per heavy atom. The van der Waals surface area contributed by atoms with Crippen LogP contribution in [0.3, 0.4) is 0 Å². The minimum absolute atomic E-state index is 0.0423. The maximum atomic E-state index is 14.1. The first-order chi connectivity index (χ1) is 18.1. The van der Waals surface area contributed by atoms with Crippen molar-refractivity contribution < 1.29 is 23.2 Å². The molecule has 0 aliphatic heterocycles. The summed E-state index contributed by atoms with van der Waals surface area (Å²) in [4.78, 5) is 40.9. The van der Waals surface area contributed by atoms with Crippen molar-refractivity contribution in [3.05, 3.63) is 99.2 Å². The van der Waals surface area contributed by atoms with Gasteiger partial charge in [0.05, 0.1) is 5.69 Å². The van der Waals surface area contributed by atoms with Gasteiger partial charge in [0.2, 0.25) is 0 Å². The van der Waals surface area contributed by atoms with Gasteiger partial charge in [-0.15, -0.1) is 0 Å². The molecule has 2 aromatic heterocycles. The van der Waals surface area contributed by atoms with E-state index in [0.717, 1.165) is 17.1 Å². The van der Waals surface area contributed by atoms with Gasteiger partial charge in [-0.3, -0.25) is 19.3 Å². The highest BCUT2D eigenvalue weighted by Gasteiger charge is 2.38. The standard InChI is InChI=1S/C27H26FN5O4S/c1-14-4-5-15(2)19(12-14)33(27(36)24-21(29)22(25(30)34)32-38-24)23(20-11-6-16(3)37-20)26(35)31-13-17-7-9-18(28)10-8-17/h4-12,23H,13,29H2,1-3H3,(H2,30,34)(H,31,35)/t23-/m0/s1. The van der Waals surface area contributed by atoms with Crippen molar-refractivity contribution in [1.29, 1.82) is 0 Å². The van der Waals surface area contributed by atoms with Crippen LogP contribution in [0.4, 0.5) is 15.8 Å². The molecule has 0 saturated carbocycles. The summed E-state index contributed by atoms with van der Waals surface area (Å²) in [6, 6.07) is 13.2. The lowest BCUT2D eigenvalue weighted by atomic mass is 10.0. The van der Waals surface area contributed by atoms with Gasteiger partial charge in [0.1, 0.15) is 22.2 Å². The molecular formula is C27H26FN5O4S. The number of carbonyl (C=O) groups is 3. The molecule has 0 radical (unpaired) electrons. The Labute approximate surface area is 222 Å². The van der Waals surface area contributed by atoms with E-state index >= 15 is 0 Å². The van der Waals surface area contributed by atoms with E-state index < -0.39 is 29.6 Å². The van der Waals surface area contributed by atoms with E-state index in [1.165, 1.54) is 17.0 Å². The lowest BCUT2D eigenvalue weighted by Crippen LogP contribution is -2.44. The Morgan fingerprint density at radius 1 is 1.08 bits per heavy atom. The first kappa shape index (κ1) is 26.6. The van der Waals surface area contributed by atoms with Gasteiger partial charge in [-0.05, 0) is 79.3 Å². The summed E-state index contributed by atoms with van der Waals surface area (Å²) in [6.07, 6.45) is 0. The van der Waals surface area contributed by atoms with Crippen LogP contribution in [0, 0.1) is 26.6 Å². The molecule has 0 unspecified atom stereocenters. The minimum atomic E-state index is -1.25. The number of aryl methyl sites for hydroxylation is 3. The second kappa shape index (κ2) is 10.9. The van der Waals surface area contributed by atoms with Crippen LogP contribution in [0.1, 0.15) is 54.4 Å². The first-order valence-electron chi connectivity index (χ1n) is 11.6. The Balaban J connectivity index is 1.83. The maximum Gasteiger partial charge on any atom is 0.273 e. The molecule has 3 amide bonds. The molecule has 0 spiro atoms. The van der Waals surface area contributed by atoms with Gasteiger partial charge in [-0.2, -0.15) is 4.37 Å². The number of primary amides is 1. The number of hydrogen-bond donors (Lipinski definition) is 3. The quantitative estimate of drug-likeness (QED) is 0.309. The number of amides is 3. The largest absolute Gasteiger partial charge is 0.464 e. The van der Waals surface area contributed by atoms with Crippen molar-refractivity contribution in [2.24, 2.45) is 5.73 Å². The number of halogens is 1. The molecule has 0 bridgehead atoms. The van der Waals surface area contributed by atoms with Crippen LogP contribution >= 0.6 is 11.5 Å². The second-order valence-corrected chi connectivity index (χ2v) is 9.57. The number of hydrogen-bond acceptors (Lipinski definition) is 7. The number of nitrogens with zero attached hydrogens (tertiary/aromatic N) is 2. The third-order valence-corrected chi connectivity index (χ3v) is 6.77. The van der Waals surface area contributed by atoms with Crippen LogP contribution < -0.4 is 21.7 Å². The van der Waals surface area contributed by atoms with Gasteiger partial charge < -0.3 is 21.2 Å². The molecule has 2 aromatic carbocycles. The topological polar surface area (TPSA) is 145 Å². The molecule has 0 aliphatic rings. The normalized spacial score (nSPS) is 11.7. The van der Waals surface area contributed by atoms with E-state index in [0.29, 0.717) is 22.6 Å². The van der Waals surface area contributed by atoms with E-state index in [2.05, 4.69) is 9.69 Å². The average molecular weight is 536 g/mol. The lowest BCUT2D eigenvalue weighted by molar-refractivity contribution is -0.123. The highest BCUT2D eigenvalue weighted by atomic mass is 32.1. The van der Waals surface area contributed by atoms with Crippen LogP contribution in [0.25, 0.3) is 0 Å². The van der Waals surface area contributed by atoms with E-state index in [1.54, 1.807) is 44.2 Å². The van der Waals surface area contributed by atoms with Crippen molar-refractivity contribution in [1.82, 2.24) is 9.69 Å². The molecule has 0 saturated heterocycles. The van der Waals surface area contributed by atoms with Crippen LogP contribution in [0.2, 0.25) is 0 Å². The van der Waals surface area contributed by atoms with E-state index in [4.69, 9.17) is 15.9 Å². The molecule has 0 aliphatic carbocycles. The van der Waals surface area contributed by atoms with Crippen LogP contribution in [0.15, 0.2) is 59.0 Å². The lowest BCUT2D eigenvalue weighted by Gasteiger charge is -2.31. The molecule has 196 valence electrons. The number of nitrogens with one attached hydrogen (secondary N) is 1. The second-order valence-electron chi connectivity index (χ2n) is 8.80. The van der Waals surface area contributed by atoms with Crippen molar-refractivity contribution in [3.63, 3.8) is 0 Å². The summed E-state index contributed by atoms with van der Waals surface area (Å²) in [5.41, 5.74) is 13.7. The van der Waals surface area contributed by atoms with Crippen LogP contribution in [-0.2, 0) is 11.3 Å². The van der Waals surface area contributed by atoms with Gasteiger partial charge in [-0.1, -0.05) is 24.3 Å². The van der Waals surface area contributed by atoms with Crippen molar-refractivity contribution >= 4 is 40.6 Å². The molecule has 0 fully saturated rings. The maximum absolute atomic E-state index is 14.1. The Morgan fingerprint density at radius 3 is 2.39 bits per heavy atom. The minimum Gasteiger partial charge on any atom is -0.464 e. The molecule has 38 heavy (non-hydrogen) atoms. The van der Waals surface area contributed by atoms with E-state index in [-0.39, 0.29) is 28.6 Å². The number of aromatic nitrogens is 1. The van der Waals surface area contributed by atoms with Gasteiger partial charge in [-0.25, -0.2) is 4.39 Å². The molecule has 9 nitrogen and oxygen atoms in total. The highest BCUT2D eigenvalue weighted by molar-refractivity contribution is 7.09. The average Bonchev–Trinajstić information content (AvgIpc) is 3.48. The summed E-state index contributed by atoms with van der Waals surface area (Å²) < 4.78 is 23.1. The summed E-state index contributed by atoms with van der Waals surface area (Å²) in [6.45, 7) is 5.47. The highest BCUT2D eigenvalue weighted by Crippen LogP contribution is 2.36. The zero-order valence-electron chi connectivity index (χ0n) is 20.9. The van der Waals surface area contributed by atoms with Gasteiger partial charge in [0, 0.05) is 12.2 Å². The number of rotatable bonds is 8. The predicted octanol–water partition coefficient (Wildman–Crippen LogP) is 4.19. The van der Waals surface area contributed by atoms with Crippen LogP contribution in [-0.4, -0.2) is 22.1 Å². The SMILES string of the molecule is Cc1ccc(C)c(N(C(=O)c2snc(C(N)=O)c2N)[C@H](C(=O)NCc2ccc(F)cc2)c2ccc(C)o2)c1. The number of carbonyl (C=O) groups excluding carboxylic acids is 3. The van der Waals surface area contributed by atoms with Gasteiger partial charge in [0.15, 0.2) is 11.7 Å². The van der Waals surface area contributed by atoms with E-state index in [1.807, 2.05) is 19.1 Å². The Bertz CT molecular complexity index is 1510. The molecule has 2 heterocycles.